The highest BCUT2D eigenvalue weighted by molar-refractivity contribution is 5.76. The molecule has 1 aromatic rings. The van der Waals surface area contributed by atoms with Crippen LogP contribution in [0.4, 0.5) is 0 Å². The first-order valence-corrected chi connectivity index (χ1v) is 6.76. The monoisotopic (exact) mass is 246 g/mol. The zero-order chi connectivity index (χ0) is 12.8. The molecule has 98 valence electrons. The quantitative estimate of drug-likeness (QED) is 0.859. The molecule has 1 aliphatic heterocycles. The van der Waals surface area contributed by atoms with Gasteiger partial charge in [0.25, 0.3) is 0 Å². The number of hydrogen-bond acceptors (Lipinski definition) is 2. The van der Waals surface area contributed by atoms with Crippen molar-refractivity contribution in [3.63, 3.8) is 0 Å². The average Bonchev–Trinajstić information content (AvgIpc) is 2.76. The predicted molar refractivity (Wildman–Crippen MR) is 73.4 cm³/mol. The Bertz CT molecular complexity index is 377. The maximum atomic E-state index is 11.8. The van der Waals surface area contributed by atoms with Crippen molar-refractivity contribution in [2.24, 2.45) is 0 Å². The van der Waals surface area contributed by atoms with Crippen LogP contribution in [-0.4, -0.2) is 37.0 Å². The molecule has 0 radical (unpaired) electrons. The molecule has 1 heterocycles. The molecule has 0 aliphatic carbocycles. The molecule has 1 aliphatic rings. The van der Waals surface area contributed by atoms with Crippen molar-refractivity contribution in [1.29, 1.82) is 0 Å². The minimum atomic E-state index is 0.185. The van der Waals surface area contributed by atoms with E-state index in [9.17, 15) is 4.79 Å². The highest BCUT2D eigenvalue weighted by Crippen LogP contribution is 2.17. The second-order valence-corrected chi connectivity index (χ2v) is 5.07. The summed E-state index contributed by atoms with van der Waals surface area (Å²) in [6.45, 7) is 1.86. The van der Waals surface area contributed by atoms with E-state index >= 15 is 0 Å². The van der Waals surface area contributed by atoms with Crippen LogP contribution in [0, 0.1) is 0 Å². The normalized spacial score (nSPS) is 19.9. The van der Waals surface area contributed by atoms with Crippen molar-refractivity contribution >= 4 is 5.91 Å². The summed E-state index contributed by atoms with van der Waals surface area (Å²) in [5.41, 5.74) is 1.27. The molecule has 0 spiro atoms. The molecule has 1 N–H and O–H groups in total. The minimum absolute atomic E-state index is 0.185. The largest absolute Gasteiger partial charge is 0.356 e. The van der Waals surface area contributed by atoms with E-state index in [0.29, 0.717) is 12.5 Å². The van der Waals surface area contributed by atoms with Crippen LogP contribution in [0.5, 0.6) is 0 Å². The van der Waals surface area contributed by atoms with Gasteiger partial charge in [-0.15, -0.1) is 0 Å². The zero-order valence-corrected chi connectivity index (χ0v) is 11.1. The van der Waals surface area contributed by atoms with Crippen molar-refractivity contribution in [3.05, 3.63) is 35.9 Å². The molecule has 1 unspecified atom stereocenters. The molecular weight excluding hydrogens is 224 g/mol. The highest BCUT2D eigenvalue weighted by atomic mass is 16.1. The maximum Gasteiger partial charge on any atom is 0.221 e. The molecule has 3 heteroatoms. The Hall–Kier alpha value is -1.35. The zero-order valence-electron chi connectivity index (χ0n) is 11.1. The second-order valence-electron chi connectivity index (χ2n) is 5.07. The summed E-state index contributed by atoms with van der Waals surface area (Å²) in [5.74, 6) is 0.185. The van der Waals surface area contributed by atoms with Gasteiger partial charge in [-0.05, 0) is 38.4 Å². The Morgan fingerprint density at radius 1 is 1.39 bits per heavy atom. The molecular formula is C15H22N2O. The molecule has 18 heavy (non-hydrogen) atoms. The van der Waals surface area contributed by atoms with Gasteiger partial charge in [0.1, 0.15) is 0 Å². The summed E-state index contributed by atoms with van der Waals surface area (Å²) in [4.78, 5) is 14.1. The molecule has 3 nitrogen and oxygen atoms in total. The van der Waals surface area contributed by atoms with Crippen LogP contribution in [0.15, 0.2) is 30.3 Å². The van der Waals surface area contributed by atoms with Gasteiger partial charge in [-0.1, -0.05) is 30.3 Å². The molecule has 1 aromatic carbocycles. The van der Waals surface area contributed by atoms with Crippen molar-refractivity contribution < 1.29 is 4.79 Å². The number of amides is 1. The Kier molecular flexibility index (Phi) is 4.76. The summed E-state index contributed by atoms with van der Waals surface area (Å²) in [7, 11) is 2.11. The third kappa shape index (κ3) is 3.84. The fourth-order valence-corrected chi connectivity index (χ4v) is 2.51. The summed E-state index contributed by atoms with van der Waals surface area (Å²) in [5, 5.41) is 3.01. The highest BCUT2D eigenvalue weighted by Gasteiger charge is 2.22. The Balaban J connectivity index is 1.66. The molecule has 0 aromatic heterocycles. The third-order valence-corrected chi connectivity index (χ3v) is 3.67. The van der Waals surface area contributed by atoms with Gasteiger partial charge >= 0.3 is 0 Å². The number of nitrogens with one attached hydrogen (secondary N) is 1. The average molecular weight is 246 g/mol. The van der Waals surface area contributed by atoms with Gasteiger partial charge in [-0.2, -0.15) is 0 Å². The number of likely N-dealkylation sites (tertiary alicyclic amines) is 1. The van der Waals surface area contributed by atoms with Crippen LogP contribution in [0.1, 0.15) is 24.8 Å². The van der Waals surface area contributed by atoms with Gasteiger partial charge < -0.3 is 10.2 Å². The fourth-order valence-electron chi connectivity index (χ4n) is 2.51. The van der Waals surface area contributed by atoms with Gasteiger partial charge in [0.05, 0.1) is 0 Å². The minimum Gasteiger partial charge on any atom is -0.356 e. The first-order chi connectivity index (χ1) is 8.75. The smallest absolute Gasteiger partial charge is 0.221 e. The number of carbonyl (C=O) groups excluding carboxylic acids is 1. The van der Waals surface area contributed by atoms with E-state index in [4.69, 9.17) is 0 Å². The SMILES string of the molecule is CN1CCCC1CC(=O)NCCc1ccccc1. The Labute approximate surface area is 109 Å². The van der Waals surface area contributed by atoms with Crippen LogP contribution in [0.3, 0.4) is 0 Å². The Morgan fingerprint density at radius 3 is 2.83 bits per heavy atom. The van der Waals surface area contributed by atoms with E-state index in [1.807, 2.05) is 18.2 Å². The number of carbonyl (C=O) groups is 1. The Morgan fingerprint density at radius 2 is 2.17 bits per heavy atom. The van der Waals surface area contributed by atoms with Crippen LogP contribution < -0.4 is 5.32 Å². The standard InChI is InChI=1S/C15H22N2O/c1-17-11-5-8-14(17)12-15(18)16-10-9-13-6-3-2-4-7-13/h2-4,6-7,14H,5,8-12H2,1H3,(H,16,18). The van der Waals surface area contributed by atoms with Crippen molar-refractivity contribution in [1.82, 2.24) is 10.2 Å². The van der Waals surface area contributed by atoms with E-state index in [2.05, 4.69) is 29.4 Å². The van der Waals surface area contributed by atoms with E-state index in [-0.39, 0.29) is 5.91 Å². The summed E-state index contributed by atoms with van der Waals surface area (Å²) in [6, 6.07) is 10.7. The molecule has 1 saturated heterocycles. The van der Waals surface area contributed by atoms with E-state index in [1.165, 1.54) is 12.0 Å². The first-order valence-electron chi connectivity index (χ1n) is 6.76. The van der Waals surface area contributed by atoms with Crippen LogP contribution in [0.2, 0.25) is 0 Å². The molecule has 0 bridgehead atoms. The van der Waals surface area contributed by atoms with Crippen molar-refractivity contribution in [2.75, 3.05) is 20.1 Å². The lowest BCUT2D eigenvalue weighted by Gasteiger charge is -2.18. The van der Waals surface area contributed by atoms with Crippen LogP contribution in [-0.2, 0) is 11.2 Å². The molecule has 1 amide bonds. The van der Waals surface area contributed by atoms with Gasteiger partial charge in [0.2, 0.25) is 5.91 Å². The van der Waals surface area contributed by atoms with Gasteiger partial charge in [0, 0.05) is 19.0 Å². The number of benzene rings is 1. The lowest BCUT2D eigenvalue weighted by Crippen LogP contribution is -2.33. The summed E-state index contributed by atoms with van der Waals surface area (Å²) in [6.07, 6.45) is 3.93. The van der Waals surface area contributed by atoms with Gasteiger partial charge in [-0.3, -0.25) is 4.79 Å². The first kappa shape index (κ1) is 13.1. The predicted octanol–water partition coefficient (Wildman–Crippen LogP) is 1.83. The molecule has 1 atom stereocenters. The van der Waals surface area contributed by atoms with Crippen LogP contribution >= 0.6 is 0 Å². The van der Waals surface area contributed by atoms with Gasteiger partial charge in [0.15, 0.2) is 0 Å². The van der Waals surface area contributed by atoms with Gasteiger partial charge in [-0.25, -0.2) is 0 Å². The lowest BCUT2D eigenvalue weighted by atomic mass is 10.1. The van der Waals surface area contributed by atoms with Crippen molar-refractivity contribution in [3.8, 4) is 0 Å². The van der Waals surface area contributed by atoms with E-state index in [0.717, 1.165) is 25.9 Å². The number of rotatable bonds is 5. The fraction of sp³-hybridized carbons (Fsp3) is 0.533. The summed E-state index contributed by atoms with van der Waals surface area (Å²) >= 11 is 0. The summed E-state index contributed by atoms with van der Waals surface area (Å²) < 4.78 is 0. The van der Waals surface area contributed by atoms with E-state index < -0.39 is 0 Å². The topological polar surface area (TPSA) is 32.3 Å². The third-order valence-electron chi connectivity index (χ3n) is 3.67. The van der Waals surface area contributed by atoms with Crippen molar-refractivity contribution in [2.45, 2.75) is 31.7 Å². The number of nitrogens with zero attached hydrogens (tertiary/aromatic N) is 1. The van der Waals surface area contributed by atoms with E-state index in [1.54, 1.807) is 0 Å². The van der Waals surface area contributed by atoms with Crippen LogP contribution in [0.25, 0.3) is 0 Å². The molecule has 2 rings (SSSR count). The molecule has 0 saturated carbocycles. The number of hydrogen-bond donors (Lipinski definition) is 1. The molecule has 1 fully saturated rings. The second kappa shape index (κ2) is 6.55. The lowest BCUT2D eigenvalue weighted by molar-refractivity contribution is -0.122. The maximum absolute atomic E-state index is 11.8.